The molecule has 0 amide bonds. The van der Waals surface area contributed by atoms with Gasteiger partial charge in [0.1, 0.15) is 0 Å². The molecule has 0 saturated carbocycles. The summed E-state index contributed by atoms with van der Waals surface area (Å²) in [5.74, 6) is -6.66. The van der Waals surface area contributed by atoms with Crippen LogP contribution >= 0.6 is 0 Å². The minimum atomic E-state index is -5.05. The van der Waals surface area contributed by atoms with E-state index in [-0.39, 0.29) is 11.1 Å². The summed E-state index contributed by atoms with van der Waals surface area (Å²) >= 11 is 0. The van der Waals surface area contributed by atoms with Gasteiger partial charge in [0.2, 0.25) is 0 Å². The summed E-state index contributed by atoms with van der Waals surface area (Å²) in [4.78, 5) is 21.9. The van der Waals surface area contributed by atoms with Gasteiger partial charge in [-0.15, -0.1) is 0 Å². The van der Waals surface area contributed by atoms with Crippen molar-refractivity contribution in [3.05, 3.63) is 47.5 Å². The maximum Gasteiger partial charge on any atom is 0.417 e. The summed E-state index contributed by atoms with van der Waals surface area (Å²) in [5, 5.41) is 34.1. The Bertz CT molecular complexity index is 748. The summed E-state index contributed by atoms with van der Waals surface area (Å²) < 4.78 is 46.3. The van der Waals surface area contributed by atoms with Crippen molar-refractivity contribution in [2.75, 3.05) is 6.61 Å². The second-order valence-corrected chi connectivity index (χ2v) is 5.04. The predicted octanol–water partition coefficient (Wildman–Crippen LogP) is 2.83. The summed E-state index contributed by atoms with van der Waals surface area (Å²) in [5.41, 5.74) is 0.223. The van der Waals surface area contributed by atoms with E-state index in [1.165, 1.54) is 12.1 Å². The Kier molecular flexibility index (Phi) is 6.65. The molecule has 2 aromatic carbocycles. The molecule has 142 valence electrons. The first kappa shape index (κ1) is 21.3. The van der Waals surface area contributed by atoms with Crippen LogP contribution in [0.1, 0.15) is 27.1 Å². The number of rotatable bonds is 5. The van der Waals surface area contributed by atoms with Crippen LogP contribution in [0.5, 0.6) is 0 Å². The number of carboxylic acids is 2. The average molecular weight is 378 g/mol. The van der Waals surface area contributed by atoms with Crippen molar-refractivity contribution < 1.29 is 47.6 Å². The highest BCUT2D eigenvalue weighted by atomic mass is 19.3. The third kappa shape index (κ3) is 4.90. The van der Waals surface area contributed by atoms with E-state index in [1.807, 2.05) is 0 Å². The van der Waals surface area contributed by atoms with Gasteiger partial charge in [0.15, 0.2) is 0 Å². The van der Waals surface area contributed by atoms with Gasteiger partial charge < -0.3 is 20.4 Å². The molecule has 0 saturated heterocycles. The molecular formula is C16H14F4O6. The van der Waals surface area contributed by atoms with Gasteiger partial charge in [-0.2, -0.15) is 17.6 Å². The number of alkyl halides is 4. The second-order valence-electron chi connectivity index (χ2n) is 5.04. The monoisotopic (exact) mass is 378 g/mol. The zero-order valence-electron chi connectivity index (χ0n) is 13.0. The topological polar surface area (TPSA) is 115 Å². The van der Waals surface area contributed by atoms with Crippen molar-refractivity contribution in [1.29, 1.82) is 0 Å². The molecule has 0 fully saturated rings. The fourth-order valence-corrected chi connectivity index (χ4v) is 1.96. The van der Waals surface area contributed by atoms with E-state index in [2.05, 4.69) is 0 Å². The third-order valence-corrected chi connectivity index (χ3v) is 3.25. The molecule has 2 aromatic rings. The molecule has 0 aliphatic rings. The fourth-order valence-electron chi connectivity index (χ4n) is 1.96. The average Bonchev–Trinajstić information content (AvgIpc) is 2.53. The lowest BCUT2D eigenvalue weighted by molar-refractivity contribution is -0.328. The van der Waals surface area contributed by atoms with Gasteiger partial charge in [-0.25, -0.2) is 9.59 Å². The minimum Gasteiger partial charge on any atom is -0.478 e. The van der Waals surface area contributed by atoms with Crippen LogP contribution in [-0.4, -0.2) is 51.0 Å². The molecule has 6 nitrogen and oxygen atoms in total. The molecule has 0 bridgehead atoms. The van der Waals surface area contributed by atoms with E-state index in [1.54, 1.807) is 24.3 Å². The van der Waals surface area contributed by atoms with Crippen LogP contribution < -0.4 is 0 Å². The molecular weight excluding hydrogens is 364 g/mol. The fraction of sp³-hybridized carbons (Fsp3) is 0.250. The molecule has 0 aromatic heterocycles. The van der Waals surface area contributed by atoms with Gasteiger partial charge in [0.05, 0.1) is 11.1 Å². The minimum absolute atomic E-state index is 0.112. The number of hydrogen-bond acceptors (Lipinski definition) is 4. The number of halogens is 4. The van der Waals surface area contributed by atoms with Crippen molar-refractivity contribution >= 4 is 22.7 Å². The van der Waals surface area contributed by atoms with Crippen molar-refractivity contribution in [2.24, 2.45) is 0 Å². The van der Waals surface area contributed by atoms with Crippen molar-refractivity contribution in [3.8, 4) is 0 Å². The highest BCUT2D eigenvalue weighted by Gasteiger charge is 2.54. The van der Waals surface area contributed by atoms with E-state index < -0.39 is 37.0 Å². The van der Waals surface area contributed by atoms with E-state index in [9.17, 15) is 27.2 Å². The van der Waals surface area contributed by atoms with Crippen LogP contribution in [0.25, 0.3) is 10.8 Å². The van der Waals surface area contributed by atoms with Gasteiger partial charge in [-0.3, -0.25) is 0 Å². The number of aliphatic hydroxyl groups excluding tert-OH is 1. The van der Waals surface area contributed by atoms with E-state index in [4.69, 9.17) is 20.4 Å². The lowest BCUT2D eigenvalue weighted by Crippen LogP contribution is -2.40. The zero-order valence-corrected chi connectivity index (χ0v) is 13.0. The quantitative estimate of drug-likeness (QED) is 0.595. The Morgan fingerprint density at radius 2 is 1.23 bits per heavy atom. The molecule has 0 radical (unpaired) electrons. The number of hydrogen-bond donors (Lipinski definition) is 4. The summed E-state index contributed by atoms with van der Waals surface area (Å²) in [6.07, 6.45) is -6.49. The van der Waals surface area contributed by atoms with Gasteiger partial charge >= 0.3 is 24.0 Å². The number of aliphatic hydroxyl groups is 2. The standard InChI is InChI=1S/C12H8O4.C4H6F4O2/c13-11(14)9-5-6-10(12(15)16)8-4-2-1-3-7(8)9;5-3(6,1-2-9)4(7,8)10/h1-6H,(H,13,14)(H,15,16);9-10H,1-2H2. The lowest BCUT2D eigenvalue weighted by Gasteiger charge is -2.19. The Hall–Kier alpha value is -2.72. The van der Waals surface area contributed by atoms with Crippen LogP contribution in [0.3, 0.4) is 0 Å². The number of benzene rings is 2. The Morgan fingerprint density at radius 3 is 1.46 bits per heavy atom. The van der Waals surface area contributed by atoms with Gasteiger partial charge in [0, 0.05) is 13.0 Å². The van der Waals surface area contributed by atoms with Crippen LogP contribution in [0.15, 0.2) is 36.4 Å². The first-order chi connectivity index (χ1) is 11.9. The summed E-state index contributed by atoms with van der Waals surface area (Å²) in [7, 11) is 0. The molecule has 10 heteroatoms. The maximum atomic E-state index is 11.8. The summed E-state index contributed by atoms with van der Waals surface area (Å²) in [6, 6.07) is 9.19. The molecule has 26 heavy (non-hydrogen) atoms. The number of carbonyl (C=O) groups is 2. The number of fused-ring (bicyclic) bond motifs is 1. The molecule has 0 atom stereocenters. The highest BCUT2D eigenvalue weighted by Crippen LogP contribution is 2.33. The largest absolute Gasteiger partial charge is 0.478 e. The molecule has 0 heterocycles. The molecule has 0 aliphatic heterocycles. The van der Waals surface area contributed by atoms with E-state index >= 15 is 0 Å². The van der Waals surface area contributed by atoms with Crippen molar-refractivity contribution in [2.45, 2.75) is 18.5 Å². The molecule has 0 aliphatic carbocycles. The van der Waals surface area contributed by atoms with Gasteiger partial charge in [0.25, 0.3) is 0 Å². The van der Waals surface area contributed by atoms with Crippen molar-refractivity contribution in [1.82, 2.24) is 0 Å². The summed E-state index contributed by atoms with van der Waals surface area (Å²) in [6.45, 7) is -1.09. The predicted molar refractivity (Wildman–Crippen MR) is 81.7 cm³/mol. The third-order valence-electron chi connectivity index (χ3n) is 3.25. The highest BCUT2D eigenvalue weighted by molar-refractivity contribution is 6.10. The number of aromatic carboxylic acids is 2. The first-order valence-corrected chi connectivity index (χ1v) is 6.99. The molecule has 4 N–H and O–H groups in total. The van der Waals surface area contributed by atoms with Crippen LogP contribution in [0.4, 0.5) is 17.6 Å². The second kappa shape index (κ2) is 8.11. The molecule has 2 rings (SSSR count). The van der Waals surface area contributed by atoms with Crippen LogP contribution in [-0.2, 0) is 0 Å². The van der Waals surface area contributed by atoms with Gasteiger partial charge in [-0.1, -0.05) is 24.3 Å². The van der Waals surface area contributed by atoms with Crippen LogP contribution in [0, 0.1) is 0 Å². The first-order valence-electron chi connectivity index (χ1n) is 6.99. The smallest absolute Gasteiger partial charge is 0.417 e. The van der Waals surface area contributed by atoms with E-state index in [0.717, 1.165) is 0 Å². The molecule has 0 unspecified atom stereocenters. The van der Waals surface area contributed by atoms with Crippen LogP contribution in [0.2, 0.25) is 0 Å². The number of carboxylic acid groups (broad SMARTS) is 2. The Balaban J connectivity index is 0.000000294. The van der Waals surface area contributed by atoms with E-state index in [0.29, 0.717) is 10.8 Å². The SMILES string of the molecule is O=C(O)c1ccc(C(=O)O)c2ccccc12.OCCC(F)(F)C(O)(F)F. The Morgan fingerprint density at radius 1 is 0.846 bits per heavy atom. The Labute approximate surface area is 143 Å². The maximum absolute atomic E-state index is 11.8. The zero-order chi connectivity index (χ0) is 20.1. The lowest BCUT2D eigenvalue weighted by atomic mass is 10.00. The normalized spacial score (nSPS) is 11.6. The van der Waals surface area contributed by atoms with Gasteiger partial charge in [-0.05, 0) is 22.9 Å². The molecule has 0 spiro atoms. The van der Waals surface area contributed by atoms with Crippen molar-refractivity contribution in [3.63, 3.8) is 0 Å².